The first-order valence-corrected chi connectivity index (χ1v) is 3.52. The van der Waals surface area contributed by atoms with Gasteiger partial charge in [0.2, 0.25) is 0 Å². The Hall–Kier alpha value is 0.470. The third-order valence-corrected chi connectivity index (χ3v) is 0.940. The normalized spacial score (nSPS) is 8.67. The van der Waals surface area contributed by atoms with Gasteiger partial charge >= 0.3 is 29.6 Å². The van der Waals surface area contributed by atoms with Gasteiger partial charge in [-0.3, -0.25) is 4.55 Å². The standard InChI is InChI=1S/C4H6O3S.Na.H/c1-2-3-4-8(5,6)7;;/h4H2,1H3,(H,5,6,7);;. The van der Waals surface area contributed by atoms with Gasteiger partial charge in [-0.15, -0.1) is 5.92 Å². The third kappa shape index (κ3) is 11.8. The van der Waals surface area contributed by atoms with E-state index < -0.39 is 15.9 Å². The van der Waals surface area contributed by atoms with Crippen molar-refractivity contribution in [1.29, 1.82) is 0 Å². The van der Waals surface area contributed by atoms with E-state index in [-0.39, 0.29) is 29.6 Å². The SMILES string of the molecule is CC#CCS(=O)(=O)O.[NaH]. The van der Waals surface area contributed by atoms with E-state index in [1.54, 1.807) is 0 Å². The van der Waals surface area contributed by atoms with Crippen LogP contribution < -0.4 is 0 Å². The van der Waals surface area contributed by atoms with Crippen LogP contribution in [0.4, 0.5) is 0 Å². The first-order valence-electron chi connectivity index (χ1n) is 1.91. The van der Waals surface area contributed by atoms with Gasteiger partial charge in [0.05, 0.1) is 0 Å². The molecule has 0 spiro atoms. The molecular weight excluding hydrogens is 151 g/mol. The molecule has 3 nitrogen and oxygen atoms in total. The Morgan fingerprint density at radius 2 is 2.00 bits per heavy atom. The van der Waals surface area contributed by atoms with Crippen molar-refractivity contribution >= 4 is 39.7 Å². The van der Waals surface area contributed by atoms with E-state index in [0.717, 1.165) is 0 Å². The Morgan fingerprint density at radius 3 is 2.11 bits per heavy atom. The molecule has 1 N–H and O–H groups in total. The van der Waals surface area contributed by atoms with Crippen LogP contribution in [-0.2, 0) is 10.1 Å². The molecule has 0 saturated carbocycles. The van der Waals surface area contributed by atoms with Gasteiger partial charge in [-0.25, -0.2) is 0 Å². The molecule has 0 aliphatic carbocycles. The van der Waals surface area contributed by atoms with Gasteiger partial charge in [0, 0.05) is 0 Å². The summed E-state index contributed by atoms with van der Waals surface area (Å²) in [6.07, 6.45) is 0. The monoisotopic (exact) mass is 158 g/mol. The summed E-state index contributed by atoms with van der Waals surface area (Å²) in [6.45, 7) is 1.51. The van der Waals surface area contributed by atoms with Gasteiger partial charge in [-0.2, -0.15) is 8.42 Å². The molecule has 0 radical (unpaired) electrons. The summed E-state index contributed by atoms with van der Waals surface area (Å²) >= 11 is 0. The molecule has 48 valence electrons. The molecule has 9 heavy (non-hydrogen) atoms. The average Bonchev–Trinajstić information content (AvgIpc) is 1.59. The fourth-order valence-corrected chi connectivity index (χ4v) is 0.490. The number of hydrogen-bond donors (Lipinski definition) is 1. The minimum absolute atomic E-state index is 0. The fraction of sp³-hybridized carbons (Fsp3) is 0.500. The van der Waals surface area contributed by atoms with Crippen LogP contribution in [0.5, 0.6) is 0 Å². The van der Waals surface area contributed by atoms with E-state index >= 15 is 0 Å². The van der Waals surface area contributed by atoms with Crippen LogP contribution in [-0.4, -0.2) is 48.3 Å². The molecule has 0 aromatic heterocycles. The molecule has 0 aromatic rings. The predicted octanol–water partition coefficient (Wildman–Crippen LogP) is -0.751. The second-order valence-electron chi connectivity index (χ2n) is 1.15. The minimum atomic E-state index is -3.86. The number of rotatable bonds is 1. The van der Waals surface area contributed by atoms with Gasteiger partial charge in [0.1, 0.15) is 5.75 Å². The molecule has 0 fully saturated rings. The Bertz CT molecular complexity index is 208. The fourth-order valence-electron chi connectivity index (χ4n) is 0.163. The van der Waals surface area contributed by atoms with E-state index in [9.17, 15) is 8.42 Å². The molecule has 0 aromatic carbocycles. The van der Waals surface area contributed by atoms with Crippen molar-refractivity contribution in [3.8, 4) is 11.8 Å². The average molecular weight is 158 g/mol. The van der Waals surface area contributed by atoms with Gasteiger partial charge < -0.3 is 0 Å². The first kappa shape index (κ1) is 12.2. The van der Waals surface area contributed by atoms with Crippen molar-refractivity contribution in [3.63, 3.8) is 0 Å². The van der Waals surface area contributed by atoms with Crippen LogP contribution in [0.2, 0.25) is 0 Å². The molecule has 0 amide bonds. The Balaban J connectivity index is 0. The van der Waals surface area contributed by atoms with Crippen LogP contribution in [0.3, 0.4) is 0 Å². The summed E-state index contributed by atoms with van der Waals surface area (Å²) < 4.78 is 27.7. The van der Waals surface area contributed by atoms with Crippen LogP contribution >= 0.6 is 0 Å². The van der Waals surface area contributed by atoms with Crippen LogP contribution in [0.1, 0.15) is 6.92 Å². The molecular formula is C4H7NaO3S. The molecule has 0 saturated heterocycles. The van der Waals surface area contributed by atoms with Crippen molar-refractivity contribution in [2.24, 2.45) is 0 Å². The molecule has 0 rings (SSSR count). The molecule has 0 atom stereocenters. The quantitative estimate of drug-likeness (QED) is 0.310. The molecule has 0 aliphatic heterocycles. The maximum atomic E-state index is 9.84. The van der Waals surface area contributed by atoms with Gasteiger partial charge in [0.15, 0.2) is 0 Å². The zero-order valence-electron chi connectivity index (χ0n) is 4.38. The van der Waals surface area contributed by atoms with Crippen molar-refractivity contribution in [2.45, 2.75) is 6.92 Å². The summed E-state index contributed by atoms with van der Waals surface area (Å²) in [5, 5.41) is 0. The van der Waals surface area contributed by atoms with Crippen molar-refractivity contribution in [1.82, 2.24) is 0 Å². The summed E-state index contributed by atoms with van der Waals surface area (Å²) in [7, 11) is -3.86. The van der Waals surface area contributed by atoms with E-state index in [4.69, 9.17) is 4.55 Å². The van der Waals surface area contributed by atoms with Crippen LogP contribution in [0, 0.1) is 11.8 Å². The summed E-state index contributed by atoms with van der Waals surface area (Å²) in [5.41, 5.74) is 0. The van der Waals surface area contributed by atoms with Crippen LogP contribution in [0.25, 0.3) is 0 Å². The second kappa shape index (κ2) is 5.27. The van der Waals surface area contributed by atoms with Crippen molar-refractivity contribution in [2.75, 3.05) is 5.75 Å². The van der Waals surface area contributed by atoms with Crippen molar-refractivity contribution in [3.05, 3.63) is 0 Å². The Kier molecular flexibility index (Phi) is 7.13. The molecule has 0 bridgehead atoms. The molecule has 0 heterocycles. The van der Waals surface area contributed by atoms with Gasteiger partial charge in [0.25, 0.3) is 10.1 Å². The zero-order chi connectivity index (χ0) is 6.62. The second-order valence-corrected chi connectivity index (χ2v) is 2.61. The summed E-state index contributed by atoms with van der Waals surface area (Å²) in [6, 6.07) is 0. The van der Waals surface area contributed by atoms with E-state index in [0.29, 0.717) is 0 Å². The molecule has 0 unspecified atom stereocenters. The predicted molar refractivity (Wildman–Crippen MR) is 37.0 cm³/mol. The van der Waals surface area contributed by atoms with E-state index in [1.807, 2.05) is 0 Å². The van der Waals surface area contributed by atoms with E-state index in [2.05, 4.69) is 11.8 Å². The summed E-state index contributed by atoms with van der Waals surface area (Å²) in [5.74, 6) is 4.07. The topological polar surface area (TPSA) is 54.4 Å². The first-order chi connectivity index (χ1) is 3.56. The van der Waals surface area contributed by atoms with Gasteiger partial charge in [-0.1, -0.05) is 5.92 Å². The Morgan fingerprint density at radius 1 is 1.56 bits per heavy atom. The molecule has 5 heteroatoms. The summed E-state index contributed by atoms with van der Waals surface area (Å²) in [4.78, 5) is 0. The molecule has 0 aliphatic rings. The number of hydrogen-bond acceptors (Lipinski definition) is 2. The van der Waals surface area contributed by atoms with Crippen LogP contribution in [0.15, 0.2) is 0 Å². The Labute approximate surface area is 76.9 Å². The zero-order valence-corrected chi connectivity index (χ0v) is 5.20. The van der Waals surface area contributed by atoms with Crippen molar-refractivity contribution < 1.29 is 13.0 Å². The van der Waals surface area contributed by atoms with E-state index in [1.165, 1.54) is 6.92 Å². The maximum absolute atomic E-state index is 9.84. The van der Waals surface area contributed by atoms with Gasteiger partial charge in [-0.05, 0) is 6.92 Å². The third-order valence-electron chi connectivity index (χ3n) is 0.431.